The molecule has 202 valence electrons. The van der Waals surface area contributed by atoms with E-state index in [2.05, 4.69) is 5.32 Å². The van der Waals surface area contributed by atoms with Gasteiger partial charge < -0.3 is 19.7 Å². The van der Waals surface area contributed by atoms with Crippen LogP contribution in [0.15, 0.2) is 83.8 Å². The van der Waals surface area contributed by atoms with Crippen molar-refractivity contribution < 1.29 is 27.5 Å². The third-order valence-corrected chi connectivity index (χ3v) is 7.75. The summed E-state index contributed by atoms with van der Waals surface area (Å²) in [6.07, 6.45) is 0. The Balaban J connectivity index is 2.03. The van der Waals surface area contributed by atoms with E-state index in [1.54, 1.807) is 44.2 Å². The van der Waals surface area contributed by atoms with Crippen LogP contribution in [0, 0.1) is 0 Å². The zero-order chi connectivity index (χ0) is 27.7. The third-order valence-electron chi connectivity index (χ3n) is 5.98. The lowest BCUT2D eigenvalue weighted by atomic mass is 10.1. The second-order valence-electron chi connectivity index (χ2n) is 8.44. The minimum atomic E-state index is -4.22. The number of nitrogens with one attached hydrogen (secondary N) is 1. The molecule has 0 saturated carbocycles. The summed E-state index contributed by atoms with van der Waals surface area (Å²) < 4.78 is 39.4. The molecule has 0 spiro atoms. The Kier molecular flexibility index (Phi) is 9.72. The van der Waals surface area contributed by atoms with Gasteiger partial charge in [-0.05, 0) is 43.7 Å². The Bertz CT molecular complexity index is 1330. The number of carbonyl (C=O) groups excluding carboxylic acids is 2. The molecule has 10 heteroatoms. The van der Waals surface area contributed by atoms with Crippen molar-refractivity contribution >= 4 is 27.5 Å². The number of nitrogens with zero attached hydrogens (tertiary/aromatic N) is 2. The summed E-state index contributed by atoms with van der Waals surface area (Å²) in [6.45, 7) is 3.44. The molecular formula is C28H33N3O6S. The van der Waals surface area contributed by atoms with Gasteiger partial charge in [0.25, 0.3) is 10.0 Å². The number of hydrogen-bond acceptors (Lipinski definition) is 6. The maximum Gasteiger partial charge on any atom is 0.264 e. The van der Waals surface area contributed by atoms with Crippen molar-refractivity contribution in [2.24, 2.45) is 0 Å². The molecule has 3 rings (SSSR count). The monoisotopic (exact) mass is 539 g/mol. The first-order valence-corrected chi connectivity index (χ1v) is 13.6. The van der Waals surface area contributed by atoms with Crippen LogP contribution < -0.4 is 19.1 Å². The smallest absolute Gasteiger partial charge is 0.264 e. The highest BCUT2D eigenvalue weighted by Crippen LogP contribution is 2.32. The fourth-order valence-electron chi connectivity index (χ4n) is 3.91. The number of rotatable bonds is 12. The van der Waals surface area contributed by atoms with Crippen molar-refractivity contribution in [2.75, 3.05) is 31.6 Å². The quantitative estimate of drug-likeness (QED) is 0.378. The molecule has 1 N–H and O–H groups in total. The number of benzene rings is 3. The number of anilines is 1. The normalized spacial score (nSPS) is 11.8. The molecule has 1 unspecified atom stereocenters. The summed E-state index contributed by atoms with van der Waals surface area (Å²) in [5.74, 6) is -0.242. The van der Waals surface area contributed by atoms with Gasteiger partial charge in [-0.1, -0.05) is 48.5 Å². The molecule has 3 aromatic carbocycles. The number of likely N-dealkylation sites (N-methyl/N-ethyl adjacent to an activating group) is 1. The van der Waals surface area contributed by atoms with Crippen LogP contribution in [0.2, 0.25) is 0 Å². The minimum Gasteiger partial charge on any atom is -0.493 e. The van der Waals surface area contributed by atoms with Crippen molar-refractivity contribution in [1.29, 1.82) is 0 Å². The lowest BCUT2D eigenvalue weighted by molar-refractivity contribution is -0.139. The first kappa shape index (κ1) is 28.5. The van der Waals surface area contributed by atoms with E-state index >= 15 is 0 Å². The standard InChI is InChI=1S/C28H33N3O6S/c1-5-29-28(33)21(2)30(19-22-12-8-6-9-13-22)27(32)20-31(23-14-10-7-11-15-23)38(34,35)24-16-17-25(36-3)26(18-24)37-4/h6-18,21H,5,19-20H2,1-4H3,(H,29,33). The number of methoxy groups -OCH3 is 2. The molecule has 38 heavy (non-hydrogen) atoms. The fourth-order valence-corrected chi connectivity index (χ4v) is 5.34. The molecule has 1 atom stereocenters. The first-order chi connectivity index (χ1) is 18.2. The Hall–Kier alpha value is -4.05. The summed E-state index contributed by atoms with van der Waals surface area (Å²) in [6, 6.07) is 21.0. The maximum absolute atomic E-state index is 13.9. The summed E-state index contributed by atoms with van der Waals surface area (Å²) in [5, 5.41) is 2.74. The average Bonchev–Trinajstić information content (AvgIpc) is 2.94. The van der Waals surface area contributed by atoms with E-state index in [0.717, 1.165) is 9.87 Å². The van der Waals surface area contributed by atoms with Crippen LogP contribution in [0.5, 0.6) is 11.5 Å². The van der Waals surface area contributed by atoms with Crippen LogP contribution in [-0.2, 0) is 26.2 Å². The number of carbonyl (C=O) groups is 2. The zero-order valence-electron chi connectivity index (χ0n) is 22.0. The van der Waals surface area contributed by atoms with Crippen molar-refractivity contribution in [3.63, 3.8) is 0 Å². The van der Waals surface area contributed by atoms with Gasteiger partial charge in [-0.25, -0.2) is 8.42 Å². The highest BCUT2D eigenvalue weighted by atomic mass is 32.2. The van der Waals surface area contributed by atoms with Gasteiger partial charge in [-0.3, -0.25) is 13.9 Å². The molecular weight excluding hydrogens is 506 g/mol. The Morgan fingerprint density at radius 2 is 1.50 bits per heavy atom. The van der Waals surface area contributed by atoms with Gasteiger partial charge in [0.05, 0.1) is 24.8 Å². The van der Waals surface area contributed by atoms with Crippen LogP contribution in [0.3, 0.4) is 0 Å². The molecule has 0 heterocycles. The molecule has 0 fully saturated rings. The zero-order valence-corrected chi connectivity index (χ0v) is 22.8. The molecule has 0 aliphatic carbocycles. The van der Waals surface area contributed by atoms with Gasteiger partial charge in [0.1, 0.15) is 12.6 Å². The van der Waals surface area contributed by atoms with Crippen LogP contribution in [-0.4, -0.2) is 58.5 Å². The topological polar surface area (TPSA) is 105 Å². The van der Waals surface area contributed by atoms with Gasteiger partial charge in [0.15, 0.2) is 11.5 Å². The maximum atomic E-state index is 13.9. The lowest BCUT2D eigenvalue weighted by Crippen LogP contribution is -2.51. The number of amides is 2. The van der Waals surface area contributed by atoms with E-state index in [1.807, 2.05) is 30.3 Å². The number of sulfonamides is 1. The second-order valence-corrected chi connectivity index (χ2v) is 10.3. The highest BCUT2D eigenvalue weighted by molar-refractivity contribution is 7.92. The van der Waals surface area contributed by atoms with E-state index in [9.17, 15) is 18.0 Å². The van der Waals surface area contributed by atoms with Gasteiger partial charge in [-0.2, -0.15) is 0 Å². The molecule has 0 radical (unpaired) electrons. The minimum absolute atomic E-state index is 0.0711. The van der Waals surface area contributed by atoms with Gasteiger partial charge >= 0.3 is 0 Å². The van der Waals surface area contributed by atoms with Gasteiger partial charge in [0, 0.05) is 19.2 Å². The SMILES string of the molecule is CCNC(=O)C(C)N(Cc1ccccc1)C(=O)CN(c1ccccc1)S(=O)(=O)c1ccc(OC)c(OC)c1. The van der Waals surface area contributed by atoms with Crippen molar-refractivity contribution in [1.82, 2.24) is 10.2 Å². The predicted molar refractivity (Wildman–Crippen MR) is 146 cm³/mol. The largest absolute Gasteiger partial charge is 0.493 e. The average molecular weight is 540 g/mol. The molecule has 9 nitrogen and oxygen atoms in total. The molecule has 0 aromatic heterocycles. The van der Waals surface area contributed by atoms with Crippen LogP contribution >= 0.6 is 0 Å². The highest BCUT2D eigenvalue weighted by Gasteiger charge is 2.32. The first-order valence-electron chi connectivity index (χ1n) is 12.1. The molecule has 3 aromatic rings. The van der Waals surface area contributed by atoms with Crippen molar-refractivity contribution in [2.45, 2.75) is 31.3 Å². The second kappa shape index (κ2) is 13.0. The summed E-state index contributed by atoms with van der Waals surface area (Å²) in [5.41, 5.74) is 1.12. The lowest BCUT2D eigenvalue weighted by Gasteiger charge is -2.32. The summed E-state index contributed by atoms with van der Waals surface area (Å²) >= 11 is 0. The number of hydrogen-bond donors (Lipinski definition) is 1. The van der Waals surface area contributed by atoms with E-state index in [0.29, 0.717) is 18.0 Å². The van der Waals surface area contributed by atoms with Crippen LogP contribution in [0.1, 0.15) is 19.4 Å². The Morgan fingerprint density at radius 1 is 0.895 bits per heavy atom. The molecule has 0 aliphatic heterocycles. The molecule has 0 aliphatic rings. The van der Waals surface area contributed by atoms with Crippen molar-refractivity contribution in [3.05, 3.63) is 84.4 Å². The number of para-hydroxylation sites is 1. The van der Waals surface area contributed by atoms with E-state index in [-0.39, 0.29) is 23.1 Å². The van der Waals surface area contributed by atoms with Gasteiger partial charge in [0.2, 0.25) is 11.8 Å². The Morgan fingerprint density at radius 3 is 2.08 bits per heavy atom. The van der Waals surface area contributed by atoms with Crippen LogP contribution in [0.4, 0.5) is 5.69 Å². The third kappa shape index (κ3) is 6.63. The molecule has 2 amide bonds. The summed E-state index contributed by atoms with van der Waals surface area (Å²) in [7, 11) is -1.35. The Labute approximate surface area is 224 Å². The number of ether oxygens (including phenoxy) is 2. The van der Waals surface area contributed by atoms with Gasteiger partial charge in [-0.15, -0.1) is 0 Å². The van der Waals surface area contributed by atoms with E-state index in [1.165, 1.54) is 37.3 Å². The fraction of sp³-hybridized carbons (Fsp3) is 0.286. The predicted octanol–water partition coefficient (Wildman–Crippen LogP) is 3.45. The van der Waals surface area contributed by atoms with E-state index < -0.39 is 28.5 Å². The molecule has 0 saturated heterocycles. The van der Waals surface area contributed by atoms with E-state index in [4.69, 9.17) is 9.47 Å². The van der Waals surface area contributed by atoms with Crippen LogP contribution in [0.25, 0.3) is 0 Å². The molecule has 0 bridgehead atoms. The van der Waals surface area contributed by atoms with Crippen molar-refractivity contribution in [3.8, 4) is 11.5 Å². The summed E-state index contributed by atoms with van der Waals surface area (Å²) in [4.78, 5) is 27.8.